The molecule has 4 rings (SSSR count). The van der Waals surface area contributed by atoms with Crippen LogP contribution in [0.15, 0.2) is 48.5 Å². The van der Waals surface area contributed by atoms with Gasteiger partial charge in [0, 0.05) is 11.1 Å². The van der Waals surface area contributed by atoms with Crippen molar-refractivity contribution in [3.8, 4) is 0 Å². The first-order chi connectivity index (χ1) is 18.4. The van der Waals surface area contributed by atoms with E-state index < -0.39 is 55.5 Å². The van der Waals surface area contributed by atoms with E-state index in [1.165, 1.54) is 0 Å². The molecule has 0 saturated carbocycles. The van der Waals surface area contributed by atoms with Crippen molar-refractivity contribution in [2.75, 3.05) is 26.4 Å². The third-order valence-corrected chi connectivity index (χ3v) is 6.24. The zero-order valence-electron chi connectivity index (χ0n) is 21.5. The lowest BCUT2D eigenvalue weighted by molar-refractivity contribution is -0.373. The van der Waals surface area contributed by atoms with Gasteiger partial charge < -0.3 is 38.6 Å². The van der Waals surface area contributed by atoms with Crippen molar-refractivity contribution in [1.29, 1.82) is 0 Å². The van der Waals surface area contributed by atoms with E-state index in [-0.39, 0.29) is 6.61 Å². The zero-order chi connectivity index (χ0) is 27.1. The predicted octanol–water partition coefficient (Wildman–Crippen LogP) is 3.07. The zero-order valence-corrected chi connectivity index (χ0v) is 21.5. The number of carbonyl (C=O) groups excluding carboxylic acids is 2. The van der Waals surface area contributed by atoms with E-state index in [9.17, 15) is 19.8 Å². The van der Waals surface area contributed by atoms with Crippen LogP contribution < -0.4 is 0 Å². The largest absolute Gasteiger partial charge is 0.462 e. The summed E-state index contributed by atoms with van der Waals surface area (Å²) in [5.41, 5.74) is 2.11. The monoisotopic (exact) mass is 530 g/mol. The van der Waals surface area contributed by atoms with Crippen molar-refractivity contribution in [2.45, 2.75) is 63.7 Å². The summed E-state index contributed by atoms with van der Waals surface area (Å²) < 4.78 is 34.5. The molecule has 2 heterocycles. The quantitative estimate of drug-likeness (QED) is 0.442. The first-order valence-corrected chi connectivity index (χ1v) is 12.9. The van der Waals surface area contributed by atoms with Crippen molar-refractivity contribution in [3.63, 3.8) is 0 Å². The van der Waals surface area contributed by atoms with Crippen LogP contribution in [-0.2, 0) is 28.4 Å². The summed E-state index contributed by atoms with van der Waals surface area (Å²) >= 11 is 0. The second kappa shape index (κ2) is 13.3. The molecule has 10 nitrogen and oxygen atoms in total. The molecule has 0 spiro atoms. The summed E-state index contributed by atoms with van der Waals surface area (Å²) in [6.45, 7) is 4.14. The Bertz CT molecular complexity index is 1050. The van der Waals surface area contributed by atoms with E-state index in [0.717, 1.165) is 12.8 Å². The van der Waals surface area contributed by atoms with E-state index in [1.807, 2.05) is 13.8 Å². The molecule has 2 aliphatic heterocycles. The summed E-state index contributed by atoms with van der Waals surface area (Å²) in [6.07, 6.45) is -3.66. The van der Waals surface area contributed by atoms with Crippen LogP contribution in [0.3, 0.4) is 0 Å². The Hall–Kier alpha value is -2.86. The molecule has 206 valence electrons. The lowest BCUT2D eigenvalue weighted by Crippen LogP contribution is -2.58. The minimum Gasteiger partial charge on any atom is -0.462 e. The highest BCUT2D eigenvalue weighted by atomic mass is 16.8. The highest BCUT2D eigenvalue weighted by Crippen LogP contribution is 2.39. The molecule has 38 heavy (non-hydrogen) atoms. The van der Waals surface area contributed by atoms with Gasteiger partial charge in [0.15, 0.2) is 12.6 Å². The molecule has 6 atom stereocenters. The molecular formula is C28H34O10. The SMILES string of the molecule is CCCOC(=O)c1ccc(C2OC[C@@H]3OC(c4ccc(C(=O)OCCC)cc4)O[C@H]([C@H](O)CO)[C@@H]3O2)cc1. The first kappa shape index (κ1) is 28.2. The van der Waals surface area contributed by atoms with Gasteiger partial charge in [-0.2, -0.15) is 0 Å². The van der Waals surface area contributed by atoms with Gasteiger partial charge in [0.1, 0.15) is 24.4 Å². The van der Waals surface area contributed by atoms with Gasteiger partial charge in [-0.15, -0.1) is 0 Å². The Kier molecular flexibility index (Phi) is 9.84. The lowest BCUT2D eigenvalue weighted by Gasteiger charge is -2.47. The van der Waals surface area contributed by atoms with Gasteiger partial charge in [-0.05, 0) is 37.1 Å². The van der Waals surface area contributed by atoms with E-state index in [1.54, 1.807) is 48.5 Å². The van der Waals surface area contributed by atoms with Crippen molar-refractivity contribution in [2.24, 2.45) is 0 Å². The second-order valence-electron chi connectivity index (χ2n) is 9.14. The fourth-order valence-corrected chi connectivity index (χ4v) is 4.22. The van der Waals surface area contributed by atoms with E-state index in [4.69, 9.17) is 28.4 Å². The number of aliphatic hydroxyl groups is 2. The highest BCUT2D eigenvalue weighted by molar-refractivity contribution is 5.89. The van der Waals surface area contributed by atoms with Gasteiger partial charge in [0.2, 0.25) is 0 Å². The number of benzene rings is 2. The van der Waals surface area contributed by atoms with Gasteiger partial charge in [-0.3, -0.25) is 0 Å². The van der Waals surface area contributed by atoms with Gasteiger partial charge in [0.25, 0.3) is 0 Å². The molecule has 2 fully saturated rings. The van der Waals surface area contributed by atoms with E-state index in [0.29, 0.717) is 35.5 Å². The average molecular weight is 531 g/mol. The number of rotatable bonds is 10. The summed E-state index contributed by atoms with van der Waals surface area (Å²) in [7, 11) is 0. The molecule has 2 aromatic carbocycles. The lowest BCUT2D eigenvalue weighted by atomic mass is 9.99. The smallest absolute Gasteiger partial charge is 0.338 e. The minimum absolute atomic E-state index is 0.144. The van der Waals surface area contributed by atoms with Crippen LogP contribution in [0.25, 0.3) is 0 Å². The molecule has 10 heteroatoms. The summed E-state index contributed by atoms with van der Waals surface area (Å²) in [5, 5.41) is 20.2. The molecule has 0 radical (unpaired) electrons. The fourth-order valence-electron chi connectivity index (χ4n) is 4.22. The van der Waals surface area contributed by atoms with E-state index in [2.05, 4.69) is 0 Å². The Labute approximate surface area is 221 Å². The van der Waals surface area contributed by atoms with Crippen molar-refractivity contribution in [1.82, 2.24) is 0 Å². The third-order valence-electron chi connectivity index (χ3n) is 6.24. The summed E-state index contributed by atoms with van der Waals surface area (Å²) in [4.78, 5) is 24.2. The maximum atomic E-state index is 12.1. The Balaban J connectivity index is 1.44. The number of fused-ring (bicyclic) bond motifs is 1. The van der Waals surface area contributed by atoms with Gasteiger partial charge in [0.05, 0.1) is 37.6 Å². The van der Waals surface area contributed by atoms with Crippen LogP contribution in [0.1, 0.15) is 71.1 Å². The van der Waals surface area contributed by atoms with Crippen molar-refractivity contribution >= 4 is 11.9 Å². The molecule has 0 aliphatic carbocycles. The third kappa shape index (κ3) is 6.58. The molecular weight excluding hydrogens is 496 g/mol. The number of aliphatic hydroxyl groups excluding tert-OH is 2. The molecule has 2 aliphatic rings. The summed E-state index contributed by atoms with van der Waals surface area (Å²) in [6, 6.07) is 13.3. The van der Waals surface area contributed by atoms with Gasteiger partial charge in [-0.1, -0.05) is 38.1 Å². The molecule has 0 aromatic heterocycles. The van der Waals surface area contributed by atoms with Crippen LogP contribution in [0, 0.1) is 0 Å². The van der Waals surface area contributed by atoms with Crippen LogP contribution in [-0.4, -0.2) is 73.0 Å². The van der Waals surface area contributed by atoms with Crippen molar-refractivity contribution in [3.05, 3.63) is 70.8 Å². The normalized spacial score (nSPS) is 25.7. The highest BCUT2D eigenvalue weighted by Gasteiger charge is 2.48. The van der Waals surface area contributed by atoms with Crippen LogP contribution in [0.4, 0.5) is 0 Å². The Morgan fingerprint density at radius 1 is 0.842 bits per heavy atom. The van der Waals surface area contributed by atoms with Crippen molar-refractivity contribution < 1.29 is 48.2 Å². The molecule has 2 saturated heterocycles. The van der Waals surface area contributed by atoms with E-state index >= 15 is 0 Å². The average Bonchev–Trinajstić information content (AvgIpc) is 2.97. The first-order valence-electron chi connectivity index (χ1n) is 12.9. The van der Waals surface area contributed by atoms with Crippen LogP contribution >= 0.6 is 0 Å². The fraction of sp³-hybridized carbons (Fsp3) is 0.500. The number of hydrogen-bond donors (Lipinski definition) is 2. The summed E-state index contributed by atoms with van der Waals surface area (Å²) in [5.74, 6) is -0.815. The standard InChI is InChI=1S/C28H34O10/c1-3-13-33-25(31)17-5-9-19(10-6-17)27-35-16-22-24(38-27)23(21(30)15-29)37-28(36-22)20-11-7-18(8-12-20)26(32)34-14-4-2/h5-12,21-24,27-30H,3-4,13-16H2,1-2H3/t21-,22+,23-,24-,27?,28?/m1/s1. The Morgan fingerprint density at radius 2 is 1.37 bits per heavy atom. The molecule has 2 N–H and O–H groups in total. The molecule has 0 bridgehead atoms. The number of carbonyl (C=O) groups is 2. The number of esters is 2. The predicted molar refractivity (Wildman–Crippen MR) is 133 cm³/mol. The second-order valence-corrected chi connectivity index (χ2v) is 9.14. The molecule has 2 aromatic rings. The number of hydrogen-bond acceptors (Lipinski definition) is 10. The van der Waals surface area contributed by atoms with Crippen LogP contribution in [0.5, 0.6) is 0 Å². The van der Waals surface area contributed by atoms with Gasteiger partial charge in [-0.25, -0.2) is 9.59 Å². The Morgan fingerprint density at radius 3 is 1.87 bits per heavy atom. The van der Waals surface area contributed by atoms with Crippen LogP contribution in [0.2, 0.25) is 0 Å². The topological polar surface area (TPSA) is 130 Å². The maximum absolute atomic E-state index is 12.1. The molecule has 0 amide bonds. The molecule has 2 unspecified atom stereocenters. The minimum atomic E-state index is -1.23. The van der Waals surface area contributed by atoms with Gasteiger partial charge >= 0.3 is 11.9 Å². The maximum Gasteiger partial charge on any atom is 0.338 e. The number of ether oxygens (including phenoxy) is 6.